The van der Waals surface area contributed by atoms with Gasteiger partial charge in [0.05, 0.1) is 12.8 Å². The molecule has 0 bridgehead atoms. The Morgan fingerprint density at radius 1 is 1.50 bits per heavy atom. The third kappa shape index (κ3) is 6.87. The van der Waals surface area contributed by atoms with Crippen LogP contribution >= 0.6 is 12.6 Å². The second-order valence-electron chi connectivity index (χ2n) is 1.82. The van der Waals surface area contributed by atoms with Gasteiger partial charge in [-0.05, 0) is 0 Å². The molecule has 0 radical (unpaired) electrons. The summed E-state index contributed by atoms with van der Waals surface area (Å²) in [5.41, 5.74) is 1.87. The molecule has 0 rings (SSSR count). The Kier molecular flexibility index (Phi) is 4.86. The molecule has 0 saturated carbocycles. The van der Waals surface area contributed by atoms with Gasteiger partial charge in [-0.25, -0.2) is 4.79 Å². The molecule has 68 valence electrons. The molecule has 0 saturated heterocycles. The summed E-state index contributed by atoms with van der Waals surface area (Å²) in [5.74, 6) is -1.82. The Morgan fingerprint density at radius 3 is 2.50 bits per heavy atom. The number of hydroxylamine groups is 1. The molecule has 0 amide bonds. The van der Waals surface area contributed by atoms with Gasteiger partial charge in [-0.3, -0.25) is 10.2 Å². The number of carbonyl (C=O) groups is 2. The average Bonchev–Trinajstić information content (AvgIpc) is 1.96. The van der Waals surface area contributed by atoms with Crippen LogP contribution in [0.2, 0.25) is 0 Å². The molecule has 6 nitrogen and oxygen atoms in total. The topological polar surface area (TPSA) is 99.5 Å². The van der Waals surface area contributed by atoms with E-state index in [1.165, 1.54) is 0 Å². The normalized spacial score (nSPS) is 8.75. The maximum Gasteiger partial charge on any atom is 0.332 e. The Bertz CT molecular complexity index is 186. The van der Waals surface area contributed by atoms with Gasteiger partial charge in [-0.2, -0.15) is 5.48 Å². The number of aliphatic carboxylic acids is 1. The predicted octanol–water partition coefficient (Wildman–Crippen LogP) is -0.236. The van der Waals surface area contributed by atoms with Crippen LogP contribution in [0.3, 0.4) is 0 Å². The van der Waals surface area contributed by atoms with Crippen molar-refractivity contribution >= 4 is 29.7 Å². The van der Waals surface area contributed by atoms with Crippen LogP contribution in [0.5, 0.6) is 0 Å². The van der Waals surface area contributed by atoms with Gasteiger partial charge in [0.15, 0.2) is 5.17 Å². The lowest BCUT2D eigenvalue weighted by Crippen LogP contribution is -2.22. The zero-order valence-corrected chi connectivity index (χ0v) is 6.93. The maximum absolute atomic E-state index is 10.6. The number of rotatable bonds is 3. The van der Waals surface area contributed by atoms with E-state index in [2.05, 4.69) is 17.5 Å². The molecule has 0 aliphatic carbocycles. The molecule has 0 spiro atoms. The van der Waals surface area contributed by atoms with Crippen molar-refractivity contribution in [3.8, 4) is 0 Å². The van der Waals surface area contributed by atoms with Crippen LogP contribution in [0, 0.1) is 5.41 Å². The quantitative estimate of drug-likeness (QED) is 0.214. The van der Waals surface area contributed by atoms with E-state index in [1.54, 1.807) is 0 Å². The van der Waals surface area contributed by atoms with Gasteiger partial charge < -0.3 is 9.94 Å². The Morgan fingerprint density at radius 2 is 2.08 bits per heavy atom. The highest BCUT2D eigenvalue weighted by Gasteiger charge is 2.06. The van der Waals surface area contributed by atoms with Crippen molar-refractivity contribution in [2.24, 2.45) is 0 Å². The molecule has 7 heteroatoms. The van der Waals surface area contributed by atoms with E-state index in [1.807, 2.05) is 5.48 Å². The van der Waals surface area contributed by atoms with Crippen molar-refractivity contribution in [2.45, 2.75) is 12.8 Å². The molecule has 0 fully saturated rings. The fourth-order valence-corrected chi connectivity index (χ4v) is 0.411. The molecule has 0 heterocycles. The summed E-state index contributed by atoms with van der Waals surface area (Å²) in [4.78, 5) is 24.7. The summed E-state index contributed by atoms with van der Waals surface area (Å²) in [6, 6.07) is 0. The van der Waals surface area contributed by atoms with E-state index in [0.717, 1.165) is 0 Å². The molecular formula is C5H8N2O4S. The maximum atomic E-state index is 10.6. The van der Waals surface area contributed by atoms with Crippen molar-refractivity contribution in [1.82, 2.24) is 5.48 Å². The highest BCUT2D eigenvalue weighted by atomic mass is 32.1. The second-order valence-corrected chi connectivity index (χ2v) is 2.27. The zero-order valence-electron chi connectivity index (χ0n) is 6.03. The van der Waals surface area contributed by atoms with Gasteiger partial charge >= 0.3 is 11.9 Å². The van der Waals surface area contributed by atoms with Gasteiger partial charge in [0, 0.05) is 0 Å². The lowest BCUT2D eigenvalue weighted by molar-refractivity contribution is -0.150. The number of carbonyl (C=O) groups excluding carboxylic acids is 1. The van der Waals surface area contributed by atoms with Crippen LogP contribution in [0.4, 0.5) is 0 Å². The minimum Gasteiger partial charge on any atom is -0.481 e. The Hall–Kier alpha value is -1.24. The van der Waals surface area contributed by atoms with Crippen molar-refractivity contribution in [2.75, 3.05) is 0 Å². The first-order valence-corrected chi connectivity index (χ1v) is 3.42. The van der Waals surface area contributed by atoms with Crippen LogP contribution in [-0.4, -0.2) is 22.2 Å². The standard InChI is InChI=1S/C5H8N2O4S/c6-5(12)7-11-4(10)2-1-3(8)9/h1-2H2,(H,8,9)(H3,6,7,12). The Labute approximate surface area is 73.8 Å². The van der Waals surface area contributed by atoms with E-state index in [-0.39, 0.29) is 18.0 Å². The largest absolute Gasteiger partial charge is 0.481 e. The number of amidine groups is 1. The molecule has 0 aromatic heterocycles. The van der Waals surface area contributed by atoms with E-state index in [9.17, 15) is 9.59 Å². The Balaban J connectivity index is 3.47. The highest BCUT2D eigenvalue weighted by molar-refractivity contribution is 7.96. The van der Waals surface area contributed by atoms with Crippen LogP contribution in [0.1, 0.15) is 12.8 Å². The van der Waals surface area contributed by atoms with Crippen LogP contribution in [0.25, 0.3) is 0 Å². The fourth-order valence-electron chi connectivity index (χ4n) is 0.365. The highest BCUT2D eigenvalue weighted by Crippen LogP contribution is 1.91. The number of nitrogens with one attached hydrogen (secondary N) is 2. The van der Waals surface area contributed by atoms with Crippen molar-refractivity contribution in [3.63, 3.8) is 0 Å². The lowest BCUT2D eigenvalue weighted by Gasteiger charge is -2.01. The van der Waals surface area contributed by atoms with Crippen LogP contribution in [0.15, 0.2) is 0 Å². The molecule has 12 heavy (non-hydrogen) atoms. The van der Waals surface area contributed by atoms with E-state index in [4.69, 9.17) is 10.5 Å². The summed E-state index contributed by atoms with van der Waals surface area (Å²) >= 11 is 3.46. The van der Waals surface area contributed by atoms with E-state index in [0.29, 0.717) is 0 Å². The molecule has 3 N–H and O–H groups in total. The van der Waals surface area contributed by atoms with Crippen molar-refractivity contribution in [3.05, 3.63) is 0 Å². The number of hydrogen-bond acceptors (Lipinski definition) is 4. The molecular weight excluding hydrogens is 184 g/mol. The predicted molar refractivity (Wildman–Crippen MR) is 42.8 cm³/mol. The zero-order chi connectivity index (χ0) is 9.56. The van der Waals surface area contributed by atoms with E-state index >= 15 is 0 Å². The molecule has 0 aliphatic heterocycles. The molecule has 0 unspecified atom stereocenters. The number of carboxylic acid groups (broad SMARTS) is 1. The van der Waals surface area contributed by atoms with Gasteiger partial charge in [0.2, 0.25) is 0 Å². The molecule has 0 atom stereocenters. The minimum absolute atomic E-state index is 0.233. The first-order chi connectivity index (χ1) is 5.52. The fraction of sp³-hybridized carbons (Fsp3) is 0.400. The third-order valence-corrected chi connectivity index (χ3v) is 0.896. The SMILES string of the molecule is N=C(S)NOC(=O)CCC(=O)O. The van der Waals surface area contributed by atoms with Gasteiger partial charge in [0.25, 0.3) is 0 Å². The van der Waals surface area contributed by atoms with Gasteiger partial charge in [-0.1, -0.05) is 0 Å². The second kappa shape index (κ2) is 5.42. The summed E-state index contributed by atoms with van der Waals surface area (Å²) in [7, 11) is 0. The number of thiol groups is 1. The number of carboxylic acids is 1. The monoisotopic (exact) mass is 192 g/mol. The summed E-state index contributed by atoms with van der Waals surface area (Å²) in [6.07, 6.45) is -0.524. The first-order valence-electron chi connectivity index (χ1n) is 2.97. The van der Waals surface area contributed by atoms with Crippen molar-refractivity contribution in [1.29, 1.82) is 5.41 Å². The van der Waals surface area contributed by atoms with Crippen LogP contribution < -0.4 is 5.48 Å². The summed E-state index contributed by atoms with van der Waals surface area (Å²) < 4.78 is 0. The molecule has 0 aliphatic rings. The van der Waals surface area contributed by atoms with E-state index < -0.39 is 11.9 Å². The van der Waals surface area contributed by atoms with Crippen molar-refractivity contribution < 1.29 is 19.5 Å². The molecule has 0 aromatic carbocycles. The first kappa shape index (κ1) is 10.8. The summed E-state index contributed by atoms with van der Waals surface area (Å²) in [5, 5.41) is 14.5. The van der Waals surface area contributed by atoms with Gasteiger partial charge in [0.1, 0.15) is 0 Å². The van der Waals surface area contributed by atoms with Crippen LogP contribution in [-0.2, 0) is 14.4 Å². The molecule has 0 aromatic rings. The smallest absolute Gasteiger partial charge is 0.332 e. The lowest BCUT2D eigenvalue weighted by atomic mass is 10.3. The summed E-state index contributed by atoms with van der Waals surface area (Å²) in [6.45, 7) is 0. The minimum atomic E-state index is -1.08. The third-order valence-electron chi connectivity index (χ3n) is 0.805. The number of hydrogen-bond donors (Lipinski definition) is 4. The van der Waals surface area contributed by atoms with Gasteiger partial charge in [-0.15, -0.1) is 12.6 Å². The average molecular weight is 192 g/mol.